The second-order valence-corrected chi connectivity index (χ2v) is 4.93. The molecule has 2 N–H and O–H groups in total. The van der Waals surface area contributed by atoms with Crippen LogP contribution < -0.4 is 5.73 Å². The van der Waals surface area contributed by atoms with Crippen molar-refractivity contribution in [3.05, 3.63) is 41.5 Å². The maximum atomic E-state index is 13.4. The first-order valence-electron chi connectivity index (χ1n) is 6.16. The molecule has 0 saturated carbocycles. The van der Waals surface area contributed by atoms with E-state index in [9.17, 15) is 8.78 Å². The van der Waals surface area contributed by atoms with Crippen molar-refractivity contribution in [2.75, 3.05) is 19.6 Å². The van der Waals surface area contributed by atoms with Gasteiger partial charge < -0.3 is 5.73 Å². The smallest absolute Gasteiger partial charge is 0.133 e. The predicted molar refractivity (Wildman–Crippen MR) is 69.0 cm³/mol. The van der Waals surface area contributed by atoms with Gasteiger partial charge in [0.15, 0.2) is 0 Å². The Morgan fingerprint density at radius 1 is 1.39 bits per heavy atom. The van der Waals surface area contributed by atoms with Gasteiger partial charge in [-0.25, -0.2) is 8.78 Å². The van der Waals surface area contributed by atoms with Crippen LogP contribution in [-0.2, 0) is 0 Å². The Hall–Kier alpha value is -1.26. The summed E-state index contributed by atoms with van der Waals surface area (Å²) in [6.45, 7) is 4.72. The lowest BCUT2D eigenvalue weighted by Crippen LogP contribution is -2.28. The van der Waals surface area contributed by atoms with Crippen LogP contribution in [0.3, 0.4) is 0 Å². The van der Waals surface area contributed by atoms with Gasteiger partial charge in [-0.15, -0.1) is 0 Å². The fourth-order valence-corrected chi connectivity index (χ4v) is 2.21. The summed E-state index contributed by atoms with van der Waals surface area (Å²) in [5.74, 6) is -0.581. The molecule has 1 aliphatic rings. The summed E-state index contributed by atoms with van der Waals surface area (Å²) in [5.41, 5.74) is 6.33. The highest BCUT2D eigenvalue weighted by atomic mass is 19.1. The van der Waals surface area contributed by atoms with Gasteiger partial charge >= 0.3 is 0 Å². The molecule has 2 atom stereocenters. The molecule has 0 aliphatic carbocycles. The lowest BCUT2D eigenvalue weighted by Gasteiger charge is -2.11. The minimum absolute atomic E-state index is 0.223. The van der Waals surface area contributed by atoms with Crippen molar-refractivity contribution in [3.63, 3.8) is 0 Å². The van der Waals surface area contributed by atoms with Crippen LogP contribution in [0.15, 0.2) is 24.3 Å². The Morgan fingerprint density at radius 3 is 2.78 bits per heavy atom. The molecule has 0 spiro atoms. The minimum atomic E-state index is -0.552. The second-order valence-electron chi connectivity index (χ2n) is 4.93. The summed E-state index contributed by atoms with van der Waals surface area (Å²) < 4.78 is 26.1. The Morgan fingerprint density at radius 2 is 2.17 bits per heavy atom. The molecule has 1 aliphatic heterocycles. The van der Waals surface area contributed by atoms with Gasteiger partial charge in [0.25, 0.3) is 0 Å². The van der Waals surface area contributed by atoms with Crippen molar-refractivity contribution in [1.82, 2.24) is 4.90 Å². The van der Waals surface area contributed by atoms with E-state index in [0.29, 0.717) is 11.5 Å². The van der Waals surface area contributed by atoms with Gasteiger partial charge in [-0.3, -0.25) is 4.90 Å². The molecule has 0 amide bonds. The van der Waals surface area contributed by atoms with Crippen molar-refractivity contribution >= 4 is 6.08 Å². The number of hydrogen-bond acceptors (Lipinski definition) is 2. The lowest BCUT2D eigenvalue weighted by atomic mass is 10.1. The van der Waals surface area contributed by atoms with Crippen LogP contribution in [0.2, 0.25) is 0 Å². The molecule has 1 saturated heterocycles. The van der Waals surface area contributed by atoms with Gasteiger partial charge in [0.05, 0.1) is 0 Å². The third-order valence-corrected chi connectivity index (χ3v) is 3.37. The van der Waals surface area contributed by atoms with Crippen molar-refractivity contribution in [2.24, 2.45) is 11.7 Å². The standard InChI is InChI=1S/C14H18F2N2/c1-10-8-18(9-14(10)17)6-2-3-11-4-5-12(15)7-13(11)16/h2-5,7,10,14H,6,8-9,17H2,1H3/b3-2+. The monoisotopic (exact) mass is 252 g/mol. The van der Waals surface area contributed by atoms with Crippen molar-refractivity contribution in [3.8, 4) is 0 Å². The molecule has 0 aromatic heterocycles. The summed E-state index contributed by atoms with van der Waals surface area (Å²) in [5, 5.41) is 0. The zero-order valence-corrected chi connectivity index (χ0v) is 10.4. The molecule has 2 unspecified atom stereocenters. The van der Waals surface area contributed by atoms with Crippen molar-refractivity contribution < 1.29 is 8.78 Å². The van der Waals surface area contributed by atoms with E-state index in [2.05, 4.69) is 11.8 Å². The Labute approximate surface area is 106 Å². The minimum Gasteiger partial charge on any atom is -0.326 e. The molecule has 18 heavy (non-hydrogen) atoms. The first-order valence-corrected chi connectivity index (χ1v) is 6.16. The fourth-order valence-electron chi connectivity index (χ4n) is 2.21. The summed E-state index contributed by atoms with van der Waals surface area (Å²) in [6, 6.07) is 3.82. The van der Waals surface area contributed by atoms with E-state index in [1.54, 1.807) is 6.08 Å². The van der Waals surface area contributed by atoms with Crippen molar-refractivity contribution in [2.45, 2.75) is 13.0 Å². The predicted octanol–water partition coefficient (Wildman–Crippen LogP) is 2.26. The number of hydrogen-bond donors (Lipinski definition) is 1. The average Bonchev–Trinajstić information content (AvgIpc) is 2.61. The lowest BCUT2D eigenvalue weighted by molar-refractivity contribution is 0.363. The summed E-state index contributed by atoms with van der Waals surface area (Å²) in [6.07, 6.45) is 3.57. The quantitative estimate of drug-likeness (QED) is 0.894. The van der Waals surface area contributed by atoms with E-state index in [1.807, 2.05) is 6.08 Å². The fraction of sp³-hybridized carbons (Fsp3) is 0.429. The molecule has 1 aromatic rings. The maximum Gasteiger partial charge on any atom is 0.133 e. The third-order valence-electron chi connectivity index (χ3n) is 3.37. The molecule has 0 radical (unpaired) electrons. The molecule has 0 bridgehead atoms. The zero-order valence-electron chi connectivity index (χ0n) is 10.4. The molecule has 2 nitrogen and oxygen atoms in total. The number of rotatable bonds is 3. The molecule has 1 fully saturated rings. The molecule has 1 heterocycles. The van der Waals surface area contributed by atoms with Gasteiger partial charge in [0, 0.05) is 37.3 Å². The van der Waals surface area contributed by atoms with Gasteiger partial charge in [-0.05, 0) is 18.1 Å². The average molecular weight is 252 g/mol. The van der Waals surface area contributed by atoms with Gasteiger partial charge in [-0.2, -0.15) is 0 Å². The highest BCUT2D eigenvalue weighted by molar-refractivity contribution is 5.50. The largest absolute Gasteiger partial charge is 0.326 e. The van der Waals surface area contributed by atoms with Crippen molar-refractivity contribution in [1.29, 1.82) is 0 Å². The van der Waals surface area contributed by atoms with Gasteiger partial charge in [0.1, 0.15) is 11.6 Å². The van der Waals surface area contributed by atoms with E-state index in [4.69, 9.17) is 5.73 Å². The maximum absolute atomic E-state index is 13.4. The number of benzene rings is 1. The molecule has 1 aromatic carbocycles. The molecular weight excluding hydrogens is 234 g/mol. The van der Waals surface area contributed by atoms with E-state index in [0.717, 1.165) is 25.7 Å². The topological polar surface area (TPSA) is 29.3 Å². The summed E-state index contributed by atoms with van der Waals surface area (Å²) in [7, 11) is 0. The highest BCUT2D eigenvalue weighted by Gasteiger charge is 2.25. The van der Waals surface area contributed by atoms with Crippen LogP contribution in [0, 0.1) is 17.6 Å². The number of nitrogens with two attached hydrogens (primary N) is 1. The summed E-state index contributed by atoms with van der Waals surface area (Å²) >= 11 is 0. The highest BCUT2D eigenvalue weighted by Crippen LogP contribution is 2.15. The van der Waals surface area contributed by atoms with Crippen LogP contribution in [0.5, 0.6) is 0 Å². The van der Waals surface area contributed by atoms with Gasteiger partial charge in [-0.1, -0.05) is 19.1 Å². The van der Waals surface area contributed by atoms with E-state index >= 15 is 0 Å². The van der Waals surface area contributed by atoms with Crippen LogP contribution in [0.1, 0.15) is 12.5 Å². The summed E-state index contributed by atoms with van der Waals surface area (Å²) in [4.78, 5) is 2.23. The van der Waals surface area contributed by atoms with Crippen LogP contribution in [0.25, 0.3) is 6.08 Å². The Balaban J connectivity index is 1.92. The van der Waals surface area contributed by atoms with E-state index in [-0.39, 0.29) is 6.04 Å². The number of likely N-dealkylation sites (tertiary alicyclic amines) is 1. The number of halogens is 2. The zero-order chi connectivity index (χ0) is 13.1. The Kier molecular flexibility index (Phi) is 4.09. The molecule has 98 valence electrons. The van der Waals surface area contributed by atoms with E-state index in [1.165, 1.54) is 12.1 Å². The van der Waals surface area contributed by atoms with E-state index < -0.39 is 11.6 Å². The van der Waals surface area contributed by atoms with Gasteiger partial charge in [0.2, 0.25) is 0 Å². The first-order chi connectivity index (χ1) is 8.56. The second kappa shape index (κ2) is 5.59. The first kappa shape index (κ1) is 13.2. The normalized spacial score (nSPS) is 25.1. The van der Waals surface area contributed by atoms with Crippen LogP contribution in [-0.4, -0.2) is 30.6 Å². The molecular formula is C14H18F2N2. The Bertz CT molecular complexity index is 435. The molecule has 4 heteroatoms. The number of nitrogens with zero attached hydrogens (tertiary/aromatic N) is 1. The molecule has 2 rings (SSSR count). The third kappa shape index (κ3) is 3.15. The van der Waals surface area contributed by atoms with Crippen LogP contribution >= 0.6 is 0 Å². The van der Waals surface area contributed by atoms with Crippen LogP contribution in [0.4, 0.5) is 8.78 Å². The SMILES string of the molecule is CC1CN(C/C=C/c2ccc(F)cc2F)CC1N.